The molecule has 21 heavy (non-hydrogen) atoms. The molecule has 0 aromatic carbocycles. The van der Waals surface area contributed by atoms with Crippen molar-refractivity contribution in [1.82, 2.24) is 15.5 Å². The van der Waals surface area contributed by atoms with Gasteiger partial charge in [0.25, 0.3) is 0 Å². The third kappa shape index (κ3) is 5.20. The van der Waals surface area contributed by atoms with E-state index in [9.17, 15) is 19.5 Å². The first-order valence-electron chi connectivity index (χ1n) is 6.67. The molecule has 0 radical (unpaired) electrons. The van der Waals surface area contributed by atoms with Crippen LogP contribution in [0.25, 0.3) is 0 Å². The number of carboxylic acid groups (broad SMARTS) is 1. The van der Waals surface area contributed by atoms with Crippen LogP contribution in [0.15, 0.2) is 0 Å². The molecule has 1 rings (SSSR count). The molecule has 1 heterocycles. The van der Waals surface area contributed by atoms with Crippen molar-refractivity contribution >= 4 is 17.9 Å². The molecular weight excluding hydrogens is 282 g/mol. The molecule has 0 aromatic heterocycles. The second-order valence-electron chi connectivity index (χ2n) is 4.83. The molecular formula is C12H21N3O6. The van der Waals surface area contributed by atoms with Gasteiger partial charge in [0.05, 0.1) is 19.3 Å². The summed E-state index contributed by atoms with van der Waals surface area (Å²) in [5.41, 5.74) is 0. The first-order valence-corrected chi connectivity index (χ1v) is 6.67. The number of nitrogens with one attached hydrogen (secondary N) is 2. The van der Waals surface area contributed by atoms with Gasteiger partial charge in [-0.05, 0) is 13.8 Å². The predicted octanol–water partition coefficient (Wildman–Crippen LogP) is -1.63. The summed E-state index contributed by atoms with van der Waals surface area (Å²) < 4.78 is 5.13. The Labute approximate surface area is 122 Å². The number of aliphatic hydroxyl groups excluding tert-OH is 1. The second-order valence-corrected chi connectivity index (χ2v) is 4.83. The van der Waals surface area contributed by atoms with Crippen molar-refractivity contribution in [3.63, 3.8) is 0 Å². The van der Waals surface area contributed by atoms with Crippen LogP contribution in [0.5, 0.6) is 0 Å². The Bertz CT molecular complexity index is 394. The van der Waals surface area contributed by atoms with Gasteiger partial charge in [0.15, 0.2) is 6.04 Å². The van der Waals surface area contributed by atoms with Crippen LogP contribution >= 0.6 is 0 Å². The summed E-state index contributed by atoms with van der Waals surface area (Å²) in [6.07, 6.45) is -1.25. The summed E-state index contributed by atoms with van der Waals surface area (Å²) in [7, 11) is 0. The van der Waals surface area contributed by atoms with Gasteiger partial charge in [-0.25, -0.2) is 9.59 Å². The van der Waals surface area contributed by atoms with Gasteiger partial charge >= 0.3 is 12.0 Å². The molecule has 0 spiro atoms. The molecule has 4 N–H and O–H groups in total. The largest absolute Gasteiger partial charge is 0.480 e. The number of carbonyl (C=O) groups is 3. The summed E-state index contributed by atoms with van der Waals surface area (Å²) in [4.78, 5) is 36.1. The Balaban J connectivity index is 2.49. The molecule has 1 aliphatic rings. The Morgan fingerprint density at radius 1 is 1.14 bits per heavy atom. The Kier molecular flexibility index (Phi) is 6.38. The molecule has 9 heteroatoms. The predicted molar refractivity (Wildman–Crippen MR) is 71.6 cm³/mol. The maximum atomic E-state index is 12.0. The summed E-state index contributed by atoms with van der Waals surface area (Å²) in [5.74, 6) is -1.62. The second kappa shape index (κ2) is 7.79. The average molecular weight is 303 g/mol. The number of morpholine rings is 1. The molecule has 1 aliphatic heterocycles. The maximum absolute atomic E-state index is 12.0. The molecule has 0 aromatic rings. The number of carboxylic acids is 1. The van der Waals surface area contributed by atoms with Crippen LogP contribution in [-0.2, 0) is 14.3 Å². The number of hydrogen-bond acceptors (Lipinski definition) is 5. The molecule has 120 valence electrons. The first kappa shape index (κ1) is 17.2. The minimum Gasteiger partial charge on any atom is -0.480 e. The molecule has 1 saturated heterocycles. The summed E-state index contributed by atoms with van der Waals surface area (Å²) in [6.45, 7) is 4.58. The number of aliphatic carboxylic acids is 1. The molecule has 0 bridgehead atoms. The van der Waals surface area contributed by atoms with Crippen molar-refractivity contribution in [3.05, 3.63) is 0 Å². The monoisotopic (exact) mass is 303 g/mol. The van der Waals surface area contributed by atoms with Crippen molar-refractivity contribution in [2.45, 2.75) is 32.0 Å². The van der Waals surface area contributed by atoms with E-state index in [1.807, 2.05) is 0 Å². The minimum atomic E-state index is -1.43. The highest BCUT2D eigenvalue weighted by atomic mass is 16.5. The molecule has 3 amide bonds. The SMILES string of the molecule is CC(NC(=O)NC(C(=O)O)C(C)O)C(=O)N1CCOCC1. The fourth-order valence-corrected chi connectivity index (χ4v) is 1.89. The number of urea groups is 1. The average Bonchev–Trinajstić information content (AvgIpc) is 2.44. The van der Waals surface area contributed by atoms with Crippen LogP contribution in [0.4, 0.5) is 4.79 Å². The normalized spacial score (nSPS) is 19.3. The third-order valence-electron chi connectivity index (χ3n) is 3.08. The van der Waals surface area contributed by atoms with Crippen molar-refractivity contribution in [1.29, 1.82) is 0 Å². The minimum absolute atomic E-state index is 0.266. The van der Waals surface area contributed by atoms with Crippen LogP contribution in [0.3, 0.4) is 0 Å². The van der Waals surface area contributed by atoms with Crippen molar-refractivity contribution in [2.75, 3.05) is 26.3 Å². The zero-order chi connectivity index (χ0) is 16.0. The van der Waals surface area contributed by atoms with E-state index in [4.69, 9.17) is 9.84 Å². The van der Waals surface area contributed by atoms with E-state index in [1.54, 1.807) is 4.90 Å². The topological polar surface area (TPSA) is 128 Å². The van der Waals surface area contributed by atoms with E-state index in [1.165, 1.54) is 13.8 Å². The maximum Gasteiger partial charge on any atom is 0.328 e. The van der Waals surface area contributed by atoms with Crippen LogP contribution in [0.2, 0.25) is 0 Å². The molecule has 0 aliphatic carbocycles. The van der Waals surface area contributed by atoms with Crippen molar-refractivity contribution in [2.24, 2.45) is 0 Å². The van der Waals surface area contributed by atoms with Crippen LogP contribution in [0.1, 0.15) is 13.8 Å². The number of ether oxygens (including phenoxy) is 1. The van der Waals surface area contributed by atoms with Crippen LogP contribution < -0.4 is 10.6 Å². The van der Waals surface area contributed by atoms with Gasteiger partial charge in [0.2, 0.25) is 5.91 Å². The van der Waals surface area contributed by atoms with Gasteiger partial charge in [-0.15, -0.1) is 0 Å². The third-order valence-corrected chi connectivity index (χ3v) is 3.08. The van der Waals surface area contributed by atoms with Gasteiger partial charge < -0.3 is 30.5 Å². The number of hydrogen-bond donors (Lipinski definition) is 4. The fraction of sp³-hybridized carbons (Fsp3) is 0.750. The number of aliphatic hydroxyl groups is 1. The van der Waals surface area contributed by atoms with E-state index >= 15 is 0 Å². The van der Waals surface area contributed by atoms with Crippen molar-refractivity contribution < 1.29 is 29.3 Å². The fourth-order valence-electron chi connectivity index (χ4n) is 1.89. The Morgan fingerprint density at radius 3 is 2.19 bits per heavy atom. The van der Waals surface area contributed by atoms with E-state index < -0.39 is 30.2 Å². The van der Waals surface area contributed by atoms with Gasteiger partial charge in [-0.3, -0.25) is 4.79 Å². The highest BCUT2D eigenvalue weighted by molar-refractivity contribution is 5.88. The molecule has 1 fully saturated rings. The van der Waals surface area contributed by atoms with Crippen molar-refractivity contribution in [3.8, 4) is 0 Å². The molecule has 3 atom stereocenters. The number of amides is 3. The molecule has 9 nitrogen and oxygen atoms in total. The van der Waals surface area contributed by atoms with E-state index in [-0.39, 0.29) is 5.91 Å². The van der Waals surface area contributed by atoms with E-state index in [0.29, 0.717) is 26.3 Å². The number of rotatable bonds is 5. The highest BCUT2D eigenvalue weighted by Gasteiger charge is 2.28. The van der Waals surface area contributed by atoms with Crippen LogP contribution in [-0.4, -0.2) is 77.5 Å². The summed E-state index contributed by atoms with van der Waals surface area (Å²) in [5, 5.41) is 22.6. The van der Waals surface area contributed by atoms with E-state index in [2.05, 4.69) is 10.6 Å². The van der Waals surface area contributed by atoms with E-state index in [0.717, 1.165) is 0 Å². The van der Waals surface area contributed by atoms with Crippen LogP contribution in [0, 0.1) is 0 Å². The summed E-state index contributed by atoms with van der Waals surface area (Å²) in [6, 6.07) is -3.06. The quantitative estimate of drug-likeness (QED) is 0.482. The lowest BCUT2D eigenvalue weighted by Gasteiger charge is -2.29. The van der Waals surface area contributed by atoms with Gasteiger partial charge in [-0.2, -0.15) is 0 Å². The summed E-state index contributed by atoms with van der Waals surface area (Å²) >= 11 is 0. The number of nitrogens with zero attached hydrogens (tertiary/aromatic N) is 1. The lowest BCUT2D eigenvalue weighted by Crippen LogP contribution is -2.56. The zero-order valence-electron chi connectivity index (χ0n) is 12.0. The highest BCUT2D eigenvalue weighted by Crippen LogP contribution is 2.01. The van der Waals surface area contributed by atoms with Gasteiger partial charge in [0.1, 0.15) is 6.04 Å². The standard InChI is InChI=1S/C12H21N3O6/c1-7(10(17)15-3-5-21-6-4-15)13-12(20)14-9(8(2)16)11(18)19/h7-9,16H,3-6H2,1-2H3,(H,18,19)(H2,13,14,20). The first-order chi connectivity index (χ1) is 9.82. The Morgan fingerprint density at radius 2 is 1.71 bits per heavy atom. The van der Waals surface area contributed by atoms with Gasteiger partial charge in [-0.1, -0.05) is 0 Å². The van der Waals surface area contributed by atoms with Gasteiger partial charge in [0, 0.05) is 13.1 Å². The molecule has 0 saturated carbocycles. The lowest BCUT2D eigenvalue weighted by molar-refractivity contribution is -0.141. The zero-order valence-corrected chi connectivity index (χ0v) is 12.0. The number of carbonyl (C=O) groups excluding carboxylic acids is 2. The smallest absolute Gasteiger partial charge is 0.328 e. The Hall–Kier alpha value is -1.87. The molecule has 3 unspecified atom stereocenters. The lowest BCUT2D eigenvalue weighted by atomic mass is 10.2.